The van der Waals surface area contributed by atoms with Crippen molar-refractivity contribution >= 4 is 17.9 Å². The van der Waals surface area contributed by atoms with Crippen LogP contribution in [0.5, 0.6) is 0 Å². The lowest BCUT2D eigenvalue weighted by Gasteiger charge is -2.41. The zero-order valence-corrected chi connectivity index (χ0v) is 29.3. The SMILES string of the molecule is CC(C)CCCCCOC1(c2ccccc2)O[C@H]2O[C@H](COC(=O)c3ccccc3)[C@@H](OC(=O)c3ccccc3)[C@H](OC(=O)c3ccccc3)[C@H]2O1. The highest BCUT2D eigenvalue weighted by Gasteiger charge is 2.62. The van der Waals surface area contributed by atoms with Gasteiger partial charge in [-0.25, -0.2) is 14.4 Å². The number of ether oxygens (including phenoxy) is 7. The molecule has 4 aromatic carbocycles. The monoisotopic (exact) mass is 708 g/mol. The van der Waals surface area contributed by atoms with Gasteiger partial charge in [0.05, 0.1) is 23.3 Å². The van der Waals surface area contributed by atoms with Crippen LogP contribution in [0.25, 0.3) is 0 Å². The molecule has 2 heterocycles. The minimum Gasteiger partial charge on any atom is -0.459 e. The molecule has 6 rings (SSSR count). The molecule has 4 aromatic rings. The van der Waals surface area contributed by atoms with E-state index < -0.39 is 54.6 Å². The Labute approximate surface area is 303 Å². The molecular weight excluding hydrogens is 664 g/mol. The van der Waals surface area contributed by atoms with Gasteiger partial charge in [-0.05, 0) is 48.7 Å². The molecule has 272 valence electrons. The molecule has 0 N–H and O–H groups in total. The van der Waals surface area contributed by atoms with Crippen LogP contribution in [-0.4, -0.2) is 61.8 Å². The summed E-state index contributed by atoms with van der Waals surface area (Å²) in [6, 6.07) is 34.5. The van der Waals surface area contributed by atoms with Crippen LogP contribution in [0.3, 0.4) is 0 Å². The van der Waals surface area contributed by atoms with E-state index in [4.69, 9.17) is 33.2 Å². The van der Waals surface area contributed by atoms with Crippen LogP contribution < -0.4 is 0 Å². The van der Waals surface area contributed by atoms with Crippen LogP contribution in [0.1, 0.15) is 76.2 Å². The maximum Gasteiger partial charge on any atom is 0.338 e. The van der Waals surface area contributed by atoms with Gasteiger partial charge in [0, 0.05) is 5.56 Å². The normalized spacial score (nSPS) is 23.8. The third-order valence-corrected chi connectivity index (χ3v) is 8.89. The summed E-state index contributed by atoms with van der Waals surface area (Å²) in [7, 11) is 0. The van der Waals surface area contributed by atoms with Crippen LogP contribution in [0.2, 0.25) is 0 Å². The molecule has 0 aromatic heterocycles. The average Bonchev–Trinajstić information content (AvgIpc) is 3.56. The summed E-state index contributed by atoms with van der Waals surface area (Å²) in [6.45, 7) is 4.35. The summed E-state index contributed by atoms with van der Waals surface area (Å²) in [6.07, 6.45) is -2.13. The molecule has 10 heteroatoms. The average molecular weight is 709 g/mol. The highest BCUT2D eigenvalue weighted by atomic mass is 16.9. The lowest BCUT2D eigenvalue weighted by Crippen LogP contribution is -2.60. The van der Waals surface area contributed by atoms with E-state index in [0.717, 1.165) is 25.7 Å². The lowest BCUT2D eigenvalue weighted by molar-refractivity contribution is -0.367. The van der Waals surface area contributed by atoms with Gasteiger partial charge in [0.15, 0.2) is 24.6 Å². The Bertz CT molecular complexity index is 1730. The first-order valence-electron chi connectivity index (χ1n) is 17.8. The van der Waals surface area contributed by atoms with E-state index in [1.165, 1.54) is 0 Å². The van der Waals surface area contributed by atoms with Gasteiger partial charge in [0.2, 0.25) is 0 Å². The Morgan fingerprint density at radius 2 is 1.15 bits per heavy atom. The predicted molar refractivity (Wildman–Crippen MR) is 190 cm³/mol. The van der Waals surface area contributed by atoms with Crippen molar-refractivity contribution in [3.8, 4) is 0 Å². The molecule has 0 saturated carbocycles. The van der Waals surface area contributed by atoms with Gasteiger partial charge in [-0.1, -0.05) is 118 Å². The number of benzene rings is 4. The van der Waals surface area contributed by atoms with Crippen LogP contribution in [0.15, 0.2) is 121 Å². The Kier molecular flexibility index (Phi) is 12.5. The topological polar surface area (TPSA) is 116 Å². The molecule has 52 heavy (non-hydrogen) atoms. The van der Waals surface area contributed by atoms with Crippen molar-refractivity contribution in [3.05, 3.63) is 144 Å². The van der Waals surface area contributed by atoms with Gasteiger partial charge in [0.25, 0.3) is 0 Å². The number of hydrogen-bond acceptors (Lipinski definition) is 10. The van der Waals surface area contributed by atoms with Crippen molar-refractivity contribution in [3.63, 3.8) is 0 Å². The fourth-order valence-electron chi connectivity index (χ4n) is 6.18. The van der Waals surface area contributed by atoms with Crippen LogP contribution >= 0.6 is 0 Å². The second kappa shape index (κ2) is 17.6. The van der Waals surface area contributed by atoms with Crippen LogP contribution in [-0.2, 0) is 39.1 Å². The number of hydrogen-bond donors (Lipinski definition) is 0. The van der Waals surface area contributed by atoms with Gasteiger partial charge in [-0.15, -0.1) is 0 Å². The van der Waals surface area contributed by atoms with Gasteiger partial charge >= 0.3 is 23.9 Å². The second-order valence-electron chi connectivity index (χ2n) is 13.2. The van der Waals surface area contributed by atoms with Gasteiger partial charge in [-0.3, -0.25) is 4.74 Å². The van der Waals surface area contributed by atoms with Crippen molar-refractivity contribution < 1.29 is 47.5 Å². The first kappa shape index (κ1) is 36.9. The zero-order valence-electron chi connectivity index (χ0n) is 29.3. The lowest BCUT2D eigenvalue weighted by atomic mass is 9.98. The Morgan fingerprint density at radius 1 is 0.635 bits per heavy atom. The number of unbranched alkanes of at least 4 members (excludes halogenated alkanes) is 2. The number of esters is 3. The van der Waals surface area contributed by atoms with E-state index in [9.17, 15) is 14.4 Å². The quantitative estimate of drug-likeness (QED) is 0.0699. The highest BCUT2D eigenvalue weighted by Crippen LogP contribution is 2.45. The molecule has 10 nitrogen and oxygen atoms in total. The Balaban J connectivity index is 1.33. The van der Waals surface area contributed by atoms with Gasteiger partial charge in [0.1, 0.15) is 12.7 Å². The zero-order chi connectivity index (χ0) is 36.3. The number of carbonyl (C=O) groups is 3. The van der Waals surface area contributed by atoms with Crippen molar-refractivity contribution in [2.24, 2.45) is 5.92 Å². The fraction of sp³-hybridized carbons (Fsp3) is 0.357. The van der Waals surface area contributed by atoms with E-state index >= 15 is 0 Å². The molecule has 0 amide bonds. The molecular formula is C42H44O10. The molecule has 2 aliphatic rings. The van der Waals surface area contributed by atoms with E-state index in [2.05, 4.69) is 13.8 Å². The summed E-state index contributed by atoms with van der Waals surface area (Å²) in [5.41, 5.74) is 1.43. The summed E-state index contributed by atoms with van der Waals surface area (Å²) in [5, 5.41) is 0. The Morgan fingerprint density at radius 3 is 1.71 bits per heavy atom. The first-order valence-corrected chi connectivity index (χ1v) is 17.8. The molecule has 2 fully saturated rings. The molecule has 2 saturated heterocycles. The first-order chi connectivity index (χ1) is 25.3. The van der Waals surface area contributed by atoms with Crippen molar-refractivity contribution in [2.45, 2.75) is 76.2 Å². The number of rotatable bonds is 15. The highest BCUT2D eigenvalue weighted by molar-refractivity contribution is 5.91. The fourth-order valence-corrected chi connectivity index (χ4v) is 6.18. The molecule has 0 aliphatic carbocycles. The maximum atomic E-state index is 13.7. The van der Waals surface area contributed by atoms with Gasteiger partial charge < -0.3 is 28.4 Å². The molecule has 0 bridgehead atoms. The van der Waals surface area contributed by atoms with Crippen LogP contribution in [0, 0.1) is 5.92 Å². The summed E-state index contributed by atoms with van der Waals surface area (Å²) >= 11 is 0. The van der Waals surface area contributed by atoms with Crippen molar-refractivity contribution in [1.82, 2.24) is 0 Å². The van der Waals surface area contributed by atoms with E-state index in [-0.39, 0.29) is 17.7 Å². The van der Waals surface area contributed by atoms with E-state index in [1.54, 1.807) is 91.0 Å². The number of fused-ring (bicyclic) bond motifs is 1. The summed E-state index contributed by atoms with van der Waals surface area (Å²) < 4.78 is 44.0. The third-order valence-electron chi connectivity index (χ3n) is 8.89. The molecule has 6 atom stereocenters. The molecule has 0 spiro atoms. The second-order valence-corrected chi connectivity index (χ2v) is 13.2. The van der Waals surface area contributed by atoms with Crippen molar-refractivity contribution in [2.75, 3.05) is 13.2 Å². The Hall–Kier alpha value is -4.87. The van der Waals surface area contributed by atoms with Gasteiger partial charge in [-0.2, -0.15) is 0 Å². The molecule has 0 radical (unpaired) electrons. The minimum atomic E-state index is -1.74. The third kappa shape index (κ3) is 9.13. The predicted octanol–water partition coefficient (Wildman–Crippen LogP) is 7.48. The maximum absolute atomic E-state index is 13.7. The minimum absolute atomic E-state index is 0.265. The standard InChI is InChI=1S/C42H44O10/c1-29(2)18-8-7-17-27-47-42(33-25-15-6-16-26-33)51-37-36(50-40(45)32-23-13-5-14-24-32)35(49-39(44)31-21-11-4-12-22-31)34(48-41(37)52-42)28-46-38(43)30-19-9-3-10-20-30/h3-6,9-16,19-26,29,34-37,41H,7-8,17-18,27-28H2,1-2H3/t34-,35-,36+,37-,41-,42?/m1/s1. The van der Waals surface area contributed by atoms with E-state index in [1.807, 2.05) is 30.3 Å². The van der Waals surface area contributed by atoms with Crippen molar-refractivity contribution in [1.29, 1.82) is 0 Å². The number of carbonyl (C=O) groups excluding carboxylic acids is 3. The summed E-state index contributed by atoms with van der Waals surface area (Å²) in [5.74, 6) is -3.12. The molecule has 1 unspecified atom stereocenters. The van der Waals surface area contributed by atoms with E-state index in [0.29, 0.717) is 23.7 Å². The summed E-state index contributed by atoms with van der Waals surface area (Å²) in [4.78, 5) is 40.4. The van der Waals surface area contributed by atoms with Crippen LogP contribution in [0.4, 0.5) is 0 Å². The largest absolute Gasteiger partial charge is 0.459 e. The smallest absolute Gasteiger partial charge is 0.338 e. The molecule has 2 aliphatic heterocycles.